The molecule has 1 heterocycles. The zero-order chi connectivity index (χ0) is 17.2. The SMILES string of the molecule is CCCC1(O)[C@H](C)[C@H](c2ccccc2)N[C@@H](c2ccccc2)[C@H]1C. The first kappa shape index (κ1) is 17.2. The van der Waals surface area contributed by atoms with Crippen molar-refractivity contribution in [1.82, 2.24) is 5.32 Å². The van der Waals surface area contributed by atoms with Gasteiger partial charge in [0.15, 0.2) is 0 Å². The number of benzene rings is 2. The van der Waals surface area contributed by atoms with Gasteiger partial charge in [0, 0.05) is 23.9 Å². The third kappa shape index (κ3) is 3.01. The molecule has 2 nitrogen and oxygen atoms in total. The first-order chi connectivity index (χ1) is 11.6. The Morgan fingerprint density at radius 3 is 1.62 bits per heavy atom. The van der Waals surface area contributed by atoms with Crippen LogP contribution in [0.5, 0.6) is 0 Å². The topological polar surface area (TPSA) is 32.3 Å². The van der Waals surface area contributed by atoms with Gasteiger partial charge in [-0.1, -0.05) is 87.9 Å². The second-order valence-electron chi connectivity index (χ2n) is 7.26. The highest BCUT2D eigenvalue weighted by Gasteiger charge is 2.50. The van der Waals surface area contributed by atoms with E-state index < -0.39 is 5.60 Å². The van der Waals surface area contributed by atoms with Gasteiger partial charge in [-0.15, -0.1) is 0 Å². The van der Waals surface area contributed by atoms with Crippen molar-refractivity contribution in [2.75, 3.05) is 0 Å². The number of aliphatic hydroxyl groups is 1. The van der Waals surface area contributed by atoms with Crippen LogP contribution < -0.4 is 5.32 Å². The summed E-state index contributed by atoms with van der Waals surface area (Å²) in [7, 11) is 0. The van der Waals surface area contributed by atoms with E-state index in [1.807, 2.05) is 12.1 Å². The largest absolute Gasteiger partial charge is 0.389 e. The molecule has 0 unspecified atom stereocenters. The monoisotopic (exact) mass is 323 g/mol. The number of hydrogen-bond acceptors (Lipinski definition) is 2. The minimum Gasteiger partial charge on any atom is -0.389 e. The second-order valence-corrected chi connectivity index (χ2v) is 7.26. The highest BCUT2D eigenvalue weighted by atomic mass is 16.3. The first-order valence-electron chi connectivity index (χ1n) is 9.16. The summed E-state index contributed by atoms with van der Waals surface area (Å²) in [6.45, 7) is 6.55. The Kier molecular flexibility index (Phi) is 5.07. The fourth-order valence-electron chi connectivity index (χ4n) is 4.42. The molecule has 0 spiro atoms. The molecule has 0 saturated carbocycles. The molecule has 128 valence electrons. The quantitative estimate of drug-likeness (QED) is 0.841. The maximum absolute atomic E-state index is 11.6. The summed E-state index contributed by atoms with van der Waals surface area (Å²) in [5.41, 5.74) is 1.85. The lowest BCUT2D eigenvalue weighted by atomic mass is 9.64. The summed E-state index contributed by atoms with van der Waals surface area (Å²) >= 11 is 0. The first-order valence-corrected chi connectivity index (χ1v) is 9.16. The molecule has 1 saturated heterocycles. The van der Waals surface area contributed by atoms with Crippen LogP contribution in [0.1, 0.15) is 56.8 Å². The summed E-state index contributed by atoms with van der Waals surface area (Å²) in [5.74, 6) is 0.324. The number of nitrogens with one attached hydrogen (secondary N) is 1. The molecule has 2 heteroatoms. The van der Waals surface area contributed by atoms with E-state index in [-0.39, 0.29) is 23.9 Å². The van der Waals surface area contributed by atoms with E-state index in [1.165, 1.54) is 11.1 Å². The van der Waals surface area contributed by atoms with Crippen LogP contribution >= 0.6 is 0 Å². The Morgan fingerprint density at radius 1 is 0.833 bits per heavy atom. The molecule has 0 aromatic heterocycles. The third-order valence-corrected chi connectivity index (χ3v) is 5.90. The maximum atomic E-state index is 11.6. The number of hydrogen-bond donors (Lipinski definition) is 2. The van der Waals surface area contributed by atoms with Gasteiger partial charge in [0.25, 0.3) is 0 Å². The average molecular weight is 323 g/mol. The lowest BCUT2D eigenvalue weighted by Gasteiger charge is -2.52. The summed E-state index contributed by atoms with van der Waals surface area (Å²) in [5, 5.41) is 15.5. The van der Waals surface area contributed by atoms with Gasteiger partial charge in [0.05, 0.1) is 5.60 Å². The van der Waals surface area contributed by atoms with E-state index in [1.54, 1.807) is 0 Å². The van der Waals surface area contributed by atoms with Crippen LogP contribution in [0.15, 0.2) is 60.7 Å². The molecule has 1 fully saturated rings. The molecule has 2 aromatic carbocycles. The van der Waals surface area contributed by atoms with E-state index in [2.05, 4.69) is 74.6 Å². The normalized spacial score (nSPS) is 33.3. The predicted molar refractivity (Wildman–Crippen MR) is 99.7 cm³/mol. The van der Waals surface area contributed by atoms with Crippen LogP contribution in [-0.4, -0.2) is 10.7 Å². The fraction of sp³-hybridized carbons (Fsp3) is 0.455. The molecule has 0 bridgehead atoms. The van der Waals surface area contributed by atoms with Crippen LogP contribution in [-0.2, 0) is 0 Å². The van der Waals surface area contributed by atoms with Gasteiger partial charge in [-0.2, -0.15) is 0 Å². The summed E-state index contributed by atoms with van der Waals surface area (Å²) in [6.07, 6.45) is 1.83. The van der Waals surface area contributed by atoms with Crippen molar-refractivity contribution >= 4 is 0 Å². The van der Waals surface area contributed by atoms with Gasteiger partial charge in [0.2, 0.25) is 0 Å². The summed E-state index contributed by atoms with van der Waals surface area (Å²) in [4.78, 5) is 0. The molecule has 0 aliphatic carbocycles. The van der Waals surface area contributed by atoms with Crippen LogP contribution in [0.2, 0.25) is 0 Å². The molecule has 1 aliphatic rings. The van der Waals surface area contributed by atoms with Gasteiger partial charge < -0.3 is 10.4 Å². The Bertz CT molecular complexity index is 588. The lowest BCUT2D eigenvalue weighted by Crippen LogP contribution is -2.57. The highest BCUT2D eigenvalue weighted by Crippen LogP contribution is 2.48. The van der Waals surface area contributed by atoms with Crippen molar-refractivity contribution < 1.29 is 5.11 Å². The Morgan fingerprint density at radius 2 is 1.25 bits per heavy atom. The molecular weight excluding hydrogens is 294 g/mol. The van der Waals surface area contributed by atoms with Crippen LogP contribution in [0.25, 0.3) is 0 Å². The Labute approximate surface area is 145 Å². The maximum Gasteiger partial charge on any atom is 0.0734 e. The summed E-state index contributed by atoms with van der Waals surface area (Å²) in [6, 6.07) is 21.4. The van der Waals surface area contributed by atoms with Gasteiger partial charge in [-0.05, 0) is 17.5 Å². The van der Waals surface area contributed by atoms with Crippen molar-refractivity contribution in [3.63, 3.8) is 0 Å². The van der Waals surface area contributed by atoms with Gasteiger partial charge >= 0.3 is 0 Å². The van der Waals surface area contributed by atoms with E-state index in [0.29, 0.717) is 0 Å². The number of piperidine rings is 1. The minimum absolute atomic E-state index is 0.157. The fourth-order valence-corrected chi connectivity index (χ4v) is 4.42. The zero-order valence-electron chi connectivity index (χ0n) is 14.9. The van der Waals surface area contributed by atoms with Crippen molar-refractivity contribution in [3.05, 3.63) is 71.8 Å². The lowest BCUT2D eigenvalue weighted by molar-refractivity contribution is -0.116. The van der Waals surface area contributed by atoms with E-state index in [9.17, 15) is 5.11 Å². The third-order valence-electron chi connectivity index (χ3n) is 5.90. The summed E-state index contributed by atoms with van der Waals surface area (Å²) < 4.78 is 0. The molecule has 2 N–H and O–H groups in total. The molecule has 3 rings (SSSR count). The standard InChI is InChI=1S/C22H29NO/c1-4-15-22(24)16(2)20(18-11-7-5-8-12-18)23-21(17(22)3)19-13-9-6-10-14-19/h5-14,16-17,20-21,23-24H,4,15H2,1-3H3/t16-,17-,20-,21-/m1/s1. The van der Waals surface area contributed by atoms with E-state index in [4.69, 9.17) is 0 Å². The van der Waals surface area contributed by atoms with Crippen LogP contribution in [0.4, 0.5) is 0 Å². The zero-order valence-corrected chi connectivity index (χ0v) is 14.9. The Hall–Kier alpha value is -1.64. The highest BCUT2D eigenvalue weighted by molar-refractivity contribution is 5.27. The molecule has 24 heavy (non-hydrogen) atoms. The minimum atomic E-state index is -0.666. The molecule has 0 radical (unpaired) electrons. The predicted octanol–water partition coefficient (Wildman–Crippen LogP) is 4.88. The molecule has 4 atom stereocenters. The average Bonchev–Trinajstić information content (AvgIpc) is 2.62. The van der Waals surface area contributed by atoms with Gasteiger partial charge in [-0.3, -0.25) is 0 Å². The molecule has 1 aliphatic heterocycles. The molecule has 2 aromatic rings. The smallest absolute Gasteiger partial charge is 0.0734 e. The van der Waals surface area contributed by atoms with Crippen molar-refractivity contribution in [1.29, 1.82) is 0 Å². The van der Waals surface area contributed by atoms with Gasteiger partial charge in [0.1, 0.15) is 0 Å². The van der Waals surface area contributed by atoms with Crippen LogP contribution in [0.3, 0.4) is 0 Å². The van der Waals surface area contributed by atoms with E-state index >= 15 is 0 Å². The molecular formula is C22H29NO. The van der Waals surface area contributed by atoms with Crippen molar-refractivity contribution in [3.8, 4) is 0 Å². The van der Waals surface area contributed by atoms with Crippen molar-refractivity contribution in [2.24, 2.45) is 11.8 Å². The van der Waals surface area contributed by atoms with Crippen LogP contribution in [0, 0.1) is 11.8 Å². The number of rotatable bonds is 4. The van der Waals surface area contributed by atoms with E-state index in [0.717, 1.165) is 12.8 Å². The second kappa shape index (κ2) is 7.08. The molecule has 0 amide bonds. The Balaban J connectivity index is 2.02. The van der Waals surface area contributed by atoms with Gasteiger partial charge in [-0.25, -0.2) is 0 Å². The van der Waals surface area contributed by atoms with Crippen molar-refractivity contribution in [2.45, 2.75) is 51.3 Å².